The van der Waals surface area contributed by atoms with Crippen molar-refractivity contribution in [1.29, 1.82) is 0 Å². The smallest absolute Gasteiger partial charge is 0.266 e. The molecule has 0 atom stereocenters. The fraction of sp³-hybridized carbons (Fsp3) is 0.0833. The standard InChI is InChI=1S/C24H18FNO2S2/c25-20-12-6-4-11-19(20)16-28-21-13-7-5-10-18(21)14-22-23(27)26(24(29)30-22)15-17-8-2-1-3-9-17/h1-14H,15-16H2. The van der Waals surface area contributed by atoms with Crippen molar-refractivity contribution >= 4 is 40.3 Å². The summed E-state index contributed by atoms with van der Waals surface area (Å²) in [5, 5.41) is 0. The molecule has 1 heterocycles. The third kappa shape index (κ3) is 4.61. The molecule has 4 rings (SSSR count). The summed E-state index contributed by atoms with van der Waals surface area (Å²) in [6, 6.07) is 23.6. The van der Waals surface area contributed by atoms with Gasteiger partial charge in [0.25, 0.3) is 5.91 Å². The number of rotatable bonds is 6. The van der Waals surface area contributed by atoms with Gasteiger partial charge < -0.3 is 4.74 Å². The molecule has 1 fully saturated rings. The minimum absolute atomic E-state index is 0.104. The Labute approximate surface area is 184 Å². The first-order valence-corrected chi connectivity index (χ1v) is 10.6. The van der Waals surface area contributed by atoms with Crippen LogP contribution in [0.4, 0.5) is 4.39 Å². The van der Waals surface area contributed by atoms with Crippen molar-refractivity contribution in [3.63, 3.8) is 0 Å². The van der Waals surface area contributed by atoms with Gasteiger partial charge in [0, 0.05) is 11.1 Å². The molecule has 0 aliphatic carbocycles. The molecule has 0 unspecified atom stereocenters. The van der Waals surface area contributed by atoms with Crippen LogP contribution in [-0.2, 0) is 17.9 Å². The number of benzene rings is 3. The maximum Gasteiger partial charge on any atom is 0.266 e. The third-order valence-corrected chi connectivity index (χ3v) is 5.98. The molecule has 1 amide bonds. The lowest BCUT2D eigenvalue weighted by atomic mass is 10.1. The first-order valence-electron chi connectivity index (χ1n) is 9.36. The van der Waals surface area contributed by atoms with Crippen LogP contribution < -0.4 is 4.74 Å². The molecule has 1 aliphatic rings. The van der Waals surface area contributed by atoms with Gasteiger partial charge in [0.2, 0.25) is 0 Å². The topological polar surface area (TPSA) is 29.5 Å². The number of amides is 1. The summed E-state index contributed by atoms with van der Waals surface area (Å²) in [5.41, 5.74) is 2.24. The molecular weight excluding hydrogens is 417 g/mol. The Bertz CT molecular complexity index is 1110. The van der Waals surface area contributed by atoms with Crippen molar-refractivity contribution in [2.45, 2.75) is 13.2 Å². The lowest BCUT2D eigenvalue weighted by Gasteiger charge is -2.14. The summed E-state index contributed by atoms with van der Waals surface area (Å²) in [5.74, 6) is 0.142. The van der Waals surface area contributed by atoms with E-state index in [9.17, 15) is 9.18 Å². The molecule has 0 radical (unpaired) electrons. The lowest BCUT2D eigenvalue weighted by Crippen LogP contribution is -2.27. The van der Waals surface area contributed by atoms with E-state index in [4.69, 9.17) is 17.0 Å². The Kier molecular flexibility index (Phi) is 6.26. The van der Waals surface area contributed by atoms with Crippen LogP contribution in [0.3, 0.4) is 0 Å². The van der Waals surface area contributed by atoms with Crippen LogP contribution in [0.25, 0.3) is 6.08 Å². The number of carbonyl (C=O) groups is 1. The first kappa shape index (κ1) is 20.3. The summed E-state index contributed by atoms with van der Waals surface area (Å²) in [7, 11) is 0. The Morgan fingerprint density at radius 1 is 0.967 bits per heavy atom. The van der Waals surface area contributed by atoms with Gasteiger partial charge in [0.1, 0.15) is 22.5 Å². The van der Waals surface area contributed by atoms with E-state index in [1.54, 1.807) is 35.2 Å². The maximum absolute atomic E-state index is 13.9. The highest BCUT2D eigenvalue weighted by atomic mass is 32.2. The number of nitrogens with zero attached hydrogens (tertiary/aromatic N) is 1. The summed E-state index contributed by atoms with van der Waals surface area (Å²) >= 11 is 6.70. The van der Waals surface area contributed by atoms with Gasteiger partial charge in [-0.25, -0.2) is 4.39 Å². The molecular formula is C24H18FNO2S2. The summed E-state index contributed by atoms with van der Waals surface area (Å²) in [6.45, 7) is 0.542. The van der Waals surface area contributed by atoms with Crippen molar-refractivity contribution in [3.8, 4) is 5.75 Å². The Hall–Kier alpha value is -2.96. The number of hydrogen-bond acceptors (Lipinski definition) is 4. The molecule has 0 saturated carbocycles. The largest absolute Gasteiger partial charge is 0.488 e. The average Bonchev–Trinajstić information content (AvgIpc) is 3.02. The zero-order chi connectivity index (χ0) is 20.9. The molecule has 0 N–H and O–H groups in total. The van der Waals surface area contributed by atoms with E-state index >= 15 is 0 Å². The molecule has 1 aliphatic heterocycles. The number of carbonyl (C=O) groups excluding carboxylic acids is 1. The Morgan fingerprint density at radius 3 is 2.47 bits per heavy atom. The molecule has 6 heteroatoms. The minimum atomic E-state index is -0.309. The predicted molar refractivity (Wildman–Crippen MR) is 122 cm³/mol. The van der Waals surface area contributed by atoms with Crippen LogP contribution in [-0.4, -0.2) is 15.1 Å². The number of para-hydroxylation sites is 1. The number of halogens is 1. The molecule has 0 aromatic heterocycles. The van der Waals surface area contributed by atoms with Crippen LogP contribution in [0.15, 0.2) is 83.8 Å². The van der Waals surface area contributed by atoms with E-state index in [-0.39, 0.29) is 18.3 Å². The minimum Gasteiger partial charge on any atom is -0.488 e. The monoisotopic (exact) mass is 435 g/mol. The summed E-state index contributed by atoms with van der Waals surface area (Å²) in [6.07, 6.45) is 1.78. The average molecular weight is 436 g/mol. The molecule has 3 aromatic carbocycles. The number of hydrogen-bond donors (Lipinski definition) is 0. The highest BCUT2D eigenvalue weighted by Crippen LogP contribution is 2.35. The van der Waals surface area contributed by atoms with Crippen LogP contribution in [0.5, 0.6) is 5.75 Å². The number of ether oxygens (including phenoxy) is 1. The van der Waals surface area contributed by atoms with Gasteiger partial charge in [-0.05, 0) is 23.8 Å². The van der Waals surface area contributed by atoms with Crippen molar-refractivity contribution in [1.82, 2.24) is 4.90 Å². The van der Waals surface area contributed by atoms with Gasteiger partial charge in [-0.2, -0.15) is 0 Å². The molecule has 0 spiro atoms. The molecule has 30 heavy (non-hydrogen) atoms. The fourth-order valence-electron chi connectivity index (χ4n) is 3.05. The zero-order valence-corrected chi connectivity index (χ0v) is 17.6. The van der Waals surface area contributed by atoms with E-state index in [0.29, 0.717) is 27.1 Å². The van der Waals surface area contributed by atoms with E-state index in [2.05, 4.69) is 0 Å². The van der Waals surface area contributed by atoms with Crippen molar-refractivity contribution in [2.75, 3.05) is 0 Å². The van der Waals surface area contributed by atoms with Crippen LogP contribution >= 0.6 is 24.0 Å². The van der Waals surface area contributed by atoms with E-state index in [0.717, 1.165) is 11.1 Å². The van der Waals surface area contributed by atoms with E-state index < -0.39 is 0 Å². The second-order valence-corrected chi connectivity index (χ2v) is 8.35. The highest BCUT2D eigenvalue weighted by Gasteiger charge is 2.32. The zero-order valence-electron chi connectivity index (χ0n) is 16.0. The van der Waals surface area contributed by atoms with Crippen LogP contribution in [0.2, 0.25) is 0 Å². The van der Waals surface area contributed by atoms with E-state index in [1.165, 1.54) is 17.8 Å². The lowest BCUT2D eigenvalue weighted by molar-refractivity contribution is -0.122. The number of thioether (sulfide) groups is 1. The van der Waals surface area contributed by atoms with Gasteiger partial charge in [-0.1, -0.05) is 90.7 Å². The van der Waals surface area contributed by atoms with Crippen LogP contribution in [0, 0.1) is 5.82 Å². The van der Waals surface area contributed by atoms with Crippen molar-refractivity contribution in [3.05, 3.63) is 106 Å². The predicted octanol–water partition coefficient (Wildman–Crippen LogP) is 5.81. The van der Waals surface area contributed by atoms with Gasteiger partial charge >= 0.3 is 0 Å². The Balaban J connectivity index is 1.53. The second-order valence-electron chi connectivity index (χ2n) is 6.67. The molecule has 3 nitrogen and oxygen atoms in total. The fourth-order valence-corrected chi connectivity index (χ4v) is 4.29. The third-order valence-electron chi connectivity index (χ3n) is 4.60. The summed E-state index contributed by atoms with van der Waals surface area (Å²) in [4.78, 5) is 15.1. The highest BCUT2D eigenvalue weighted by molar-refractivity contribution is 8.26. The SMILES string of the molecule is O=C1C(=Cc2ccccc2OCc2ccccc2F)SC(=S)N1Cc1ccccc1. The van der Waals surface area contributed by atoms with Gasteiger partial charge in [0.05, 0.1) is 11.4 Å². The molecule has 3 aromatic rings. The van der Waals surface area contributed by atoms with Crippen LogP contribution in [0.1, 0.15) is 16.7 Å². The quantitative estimate of drug-likeness (QED) is 0.361. The summed E-state index contributed by atoms with van der Waals surface area (Å²) < 4.78 is 20.3. The molecule has 1 saturated heterocycles. The first-order chi connectivity index (χ1) is 14.6. The van der Waals surface area contributed by atoms with Crippen molar-refractivity contribution in [2.24, 2.45) is 0 Å². The molecule has 0 bridgehead atoms. The normalized spacial score (nSPS) is 15.1. The van der Waals surface area contributed by atoms with Crippen molar-refractivity contribution < 1.29 is 13.9 Å². The Morgan fingerprint density at radius 2 is 1.67 bits per heavy atom. The van der Waals surface area contributed by atoms with Gasteiger partial charge in [0.15, 0.2) is 0 Å². The molecule has 150 valence electrons. The number of thiocarbonyl (C=S) groups is 1. The van der Waals surface area contributed by atoms with Gasteiger partial charge in [-0.15, -0.1) is 0 Å². The van der Waals surface area contributed by atoms with Gasteiger partial charge in [-0.3, -0.25) is 9.69 Å². The second kappa shape index (κ2) is 9.24. The van der Waals surface area contributed by atoms with E-state index in [1.807, 2.05) is 48.5 Å². The maximum atomic E-state index is 13.9.